The lowest BCUT2D eigenvalue weighted by Crippen LogP contribution is -2.66. The van der Waals surface area contributed by atoms with Crippen molar-refractivity contribution >= 4 is 0 Å². The van der Waals surface area contributed by atoms with Crippen molar-refractivity contribution in [3.8, 4) is 0 Å². The van der Waals surface area contributed by atoms with E-state index in [1.807, 2.05) is 0 Å². The van der Waals surface area contributed by atoms with E-state index < -0.39 is 0 Å². The molecule has 0 spiro atoms. The highest BCUT2D eigenvalue weighted by Crippen LogP contribution is 2.42. The Morgan fingerprint density at radius 1 is 1.28 bits per heavy atom. The summed E-state index contributed by atoms with van der Waals surface area (Å²) < 4.78 is 0. The number of hydrogen-bond donors (Lipinski definition) is 1. The molecule has 1 N–H and O–H groups in total. The van der Waals surface area contributed by atoms with Crippen molar-refractivity contribution in [1.29, 1.82) is 0 Å². The molecule has 1 aliphatic carbocycles. The molecule has 2 rings (SSSR count). The highest BCUT2D eigenvalue weighted by molar-refractivity contribution is 5.04. The molecule has 106 valence electrons. The standard InChI is InChI=1S/C16H32N2/c1-12(2)14-9-17-16(6,13-7-8-13)11-18(14)10-15(3,4)5/h12-14,17H,7-11H2,1-6H3. The maximum atomic E-state index is 3.86. The van der Waals surface area contributed by atoms with Crippen molar-refractivity contribution in [3.05, 3.63) is 0 Å². The van der Waals surface area contributed by atoms with E-state index in [2.05, 4.69) is 51.8 Å². The largest absolute Gasteiger partial charge is 0.308 e. The number of rotatable bonds is 3. The molecule has 2 fully saturated rings. The molecule has 1 saturated carbocycles. The van der Waals surface area contributed by atoms with Crippen molar-refractivity contribution < 1.29 is 0 Å². The summed E-state index contributed by atoms with van der Waals surface area (Å²) in [5.41, 5.74) is 0.769. The van der Waals surface area contributed by atoms with Crippen molar-refractivity contribution in [3.63, 3.8) is 0 Å². The van der Waals surface area contributed by atoms with Crippen molar-refractivity contribution in [1.82, 2.24) is 10.2 Å². The Balaban J connectivity index is 2.07. The van der Waals surface area contributed by atoms with Crippen LogP contribution in [0.25, 0.3) is 0 Å². The van der Waals surface area contributed by atoms with Gasteiger partial charge in [-0.05, 0) is 37.0 Å². The van der Waals surface area contributed by atoms with Crippen LogP contribution < -0.4 is 5.32 Å². The summed E-state index contributed by atoms with van der Waals surface area (Å²) in [5, 5.41) is 3.86. The highest BCUT2D eigenvalue weighted by atomic mass is 15.3. The van der Waals surface area contributed by atoms with Crippen LogP contribution in [0.1, 0.15) is 54.4 Å². The molecule has 2 unspecified atom stereocenters. The second-order valence-corrected chi connectivity index (χ2v) is 8.35. The fraction of sp³-hybridized carbons (Fsp3) is 1.00. The third kappa shape index (κ3) is 3.27. The van der Waals surface area contributed by atoms with Crippen LogP contribution in [-0.4, -0.2) is 36.1 Å². The van der Waals surface area contributed by atoms with Gasteiger partial charge in [-0.25, -0.2) is 0 Å². The Morgan fingerprint density at radius 2 is 1.89 bits per heavy atom. The summed E-state index contributed by atoms with van der Waals surface area (Å²) in [4.78, 5) is 2.76. The third-order valence-corrected chi connectivity index (χ3v) is 4.64. The van der Waals surface area contributed by atoms with Gasteiger partial charge in [0.25, 0.3) is 0 Å². The van der Waals surface area contributed by atoms with Gasteiger partial charge >= 0.3 is 0 Å². The average molecular weight is 252 g/mol. The number of nitrogens with zero attached hydrogens (tertiary/aromatic N) is 1. The lowest BCUT2D eigenvalue weighted by atomic mass is 9.85. The molecule has 1 saturated heterocycles. The van der Waals surface area contributed by atoms with Gasteiger partial charge in [-0.15, -0.1) is 0 Å². The molecule has 2 aliphatic rings. The maximum absolute atomic E-state index is 3.86. The Kier molecular flexibility index (Phi) is 3.81. The summed E-state index contributed by atoms with van der Waals surface area (Å²) >= 11 is 0. The van der Waals surface area contributed by atoms with E-state index in [0.717, 1.165) is 11.8 Å². The third-order valence-electron chi connectivity index (χ3n) is 4.64. The van der Waals surface area contributed by atoms with Gasteiger partial charge in [0, 0.05) is 31.2 Å². The molecule has 0 aromatic carbocycles. The summed E-state index contributed by atoms with van der Waals surface area (Å²) in [7, 11) is 0. The Labute approximate surface area is 114 Å². The first kappa shape index (κ1) is 14.3. The highest BCUT2D eigenvalue weighted by Gasteiger charge is 2.46. The fourth-order valence-corrected chi connectivity index (χ4v) is 3.50. The van der Waals surface area contributed by atoms with Crippen molar-refractivity contribution in [2.45, 2.75) is 66.0 Å². The lowest BCUT2D eigenvalue weighted by molar-refractivity contribution is 0.0286. The summed E-state index contributed by atoms with van der Waals surface area (Å²) in [6, 6.07) is 0.705. The smallest absolute Gasteiger partial charge is 0.0309 e. The molecule has 1 aliphatic heterocycles. The normalized spacial score (nSPS) is 35.2. The Morgan fingerprint density at radius 3 is 2.33 bits per heavy atom. The number of hydrogen-bond acceptors (Lipinski definition) is 2. The topological polar surface area (TPSA) is 15.3 Å². The van der Waals surface area contributed by atoms with Crippen LogP contribution in [0.4, 0.5) is 0 Å². The second kappa shape index (κ2) is 4.79. The molecular weight excluding hydrogens is 220 g/mol. The zero-order chi connectivity index (χ0) is 13.6. The minimum atomic E-state index is 0.372. The minimum Gasteiger partial charge on any atom is -0.308 e. The number of piperazine rings is 1. The van der Waals surface area contributed by atoms with Crippen LogP contribution in [0.3, 0.4) is 0 Å². The molecule has 0 amide bonds. The first-order valence-electron chi connectivity index (χ1n) is 7.70. The fourth-order valence-electron chi connectivity index (χ4n) is 3.50. The van der Waals surface area contributed by atoms with Gasteiger partial charge < -0.3 is 5.32 Å². The van der Waals surface area contributed by atoms with Gasteiger partial charge in [-0.1, -0.05) is 34.6 Å². The first-order chi connectivity index (χ1) is 8.21. The average Bonchev–Trinajstić information content (AvgIpc) is 2.96. The SMILES string of the molecule is CC(C)C1CNC(C)(C2CC2)CN1CC(C)(C)C. The molecule has 2 nitrogen and oxygen atoms in total. The van der Waals surface area contributed by atoms with Crippen LogP contribution in [0.15, 0.2) is 0 Å². The minimum absolute atomic E-state index is 0.372. The summed E-state index contributed by atoms with van der Waals surface area (Å²) in [6.07, 6.45) is 2.86. The van der Waals surface area contributed by atoms with E-state index in [1.165, 1.54) is 32.5 Å². The van der Waals surface area contributed by atoms with Crippen LogP contribution in [0.5, 0.6) is 0 Å². The first-order valence-corrected chi connectivity index (χ1v) is 7.70. The van der Waals surface area contributed by atoms with Crippen LogP contribution in [0, 0.1) is 17.3 Å². The van der Waals surface area contributed by atoms with Crippen molar-refractivity contribution in [2.24, 2.45) is 17.3 Å². The lowest BCUT2D eigenvalue weighted by Gasteiger charge is -2.50. The quantitative estimate of drug-likeness (QED) is 0.830. The molecule has 0 aromatic heterocycles. The zero-order valence-electron chi connectivity index (χ0n) is 13.2. The monoisotopic (exact) mass is 252 g/mol. The van der Waals surface area contributed by atoms with Gasteiger partial charge in [0.05, 0.1) is 0 Å². The molecule has 0 bridgehead atoms. The predicted molar refractivity (Wildman–Crippen MR) is 78.8 cm³/mol. The van der Waals surface area contributed by atoms with Gasteiger partial charge in [0.2, 0.25) is 0 Å². The van der Waals surface area contributed by atoms with E-state index in [0.29, 0.717) is 17.0 Å². The van der Waals surface area contributed by atoms with Crippen molar-refractivity contribution in [2.75, 3.05) is 19.6 Å². The zero-order valence-corrected chi connectivity index (χ0v) is 13.2. The van der Waals surface area contributed by atoms with Gasteiger partial charge in [-0.3, -0.25) is 4.90 Å². The van der Waals surface area contributed by atoms with E-state index in [1.54, 1.807) is 0 Å². The number of nitrogens with one attached hydrogen (secondary N) is 1. The molecule has 1 heterocycles. The van der Waals surface area contributed by atoms with E-state index >= 15 is 0 Å². The molecule has 0 aromatic rings. The molecule has 18 heavy (non-hydrogen) atoms. The van der Waals surface area contributed by atoms with Gasteiger partial charge in [0.1, 0.15) is 0 Å². The second-order valence-electron chi connectivity index (χ2n) is 8.35. The predicted octanol–water partition coefficient (Wildman–Crippen LogP) is 3.13. The molecule has 0 radical (unpaired) electrons. The molecule has 2 atom stereocenters. The van der Waals surface area contributed by atoms with Gasteiger partial charge in [-0.2, -0.15) is 0 Å². The van der Waals surface area contributed by atoms with E-state index in [-0.39, 0.29) is 0 Å². The van der Waals surface area contributed by atoms with Crippen LogP contribution in [0.2, 0.25) is 0 Å². The van der Waals surface area contributed by atoms with Crippen LogP contribution >= 0.6 is 0 Å². The molecule has 2 heteroatoms. The molecular formula is C16H32N2. The van der Waals surface area contributed by atoms with E-state index in [9.17, 15) is 0 Å². The van der Waals surface area contributed by atoms with Gasteiger partial charge in [0.15, 0.2) is 0 Å². The Hall–Kier alpha value is -0.0800. The van der Waals surface area contributed by atoms with Crippen LogP contribution in [-0.2, 0) is 0 Å². The summed E-state index contributed by atoms with van der Waals surface area (Å²) in [5.74, 6) is 1.66. The van der Waals surface area contributed by atoms with E-state index in [4.69, 9.17) is 0 Å². The Bertz CT molecular complexity index is 288. The maximum Gasteiger partial charge on any atom is 0.0309 e. The summed E-state index contributed by atoms with van der Waals surface area (Å²) in [6.45, 7) is 17.9.